The van der Waals surface area contributed by atoms with E-state index in [4.69, 9.17) is 0 Å². The van der Waals surface area contributed by atoms with E-state index in [2.05, 4.69) is 38.8 Å². The maximum atomic E-state index is 2.44. The smallest absolute Gasteiger partial charge is 0.0249 e. The fraction of sp³-hybridized carbons (Fsp3) is 0.818. The van der Waals surface area contributed by atoms with Gasteiger partial charge in [0.1, 0.15) is 0 Å². The molecule has 0 fully saturated rings. The zero-order valence-corrected chi connectivity index (χ0v) is 8.80. The van der Waals surface area contributed by atoms with Gasteiger partial charge in [-0.25, -0.2) is 0 Å². The molecule has 0 saturated heterocycles. The molecule has 0 aromatic rings. The van der Waals surface area contributed by atoms with Gasteiger partial charge in [-0.15, -0.1) is 0 Å². The van der Waals surface area contributed by atoms with E-state index in [1.807, 2.05) is 0 Å². The summed E-state index contributed by atoms with van der Waals surface area (Å²) in [7, 11) is 2.21. The zero-order chi connectivity index (χ0) is 9.14. The number of allylic oxidation sites excluding steroid dienone is 1. The van der Waals surface area contributed by atoms with Gasteiger partial charge >= 0.3 is 0 Å². The maximum Gasteiger partial charge on any atom is 0.0249 e. The van der Waals surface area contributed by atoms with Crippen LogP contribution in [-0.2, 0) is 0 Å². The van der Waals surface area contributed by atoms with Crippen LogP contribution in [0.3, 0.4) is 0 Å². The fourth-order valence-electron chi connectivity index (χ4n) is 1.74. The Morgan fingerprint density at radius 2 is 2.17 bits per heavy atom. The van der Waals surface area contributed by atoms with Gasteiger partial charge in [-0.2, -0.15) is 0 Å². The molecule has 0 N–H and O–H groups in total. The molecule has 0 saturated carbocycles. The van der Waals surface area contributed by atoms with E-state index in [1.54, 1.807) is 5.57 Å². The Bertz CT molecular complexity index is 170. The van der Waals surface area contributed by atoms with E-state index in [1.165, 1.54) is 19.4 Å². The summed E-state index contributed by atoms with van der Waals surface area (Å²) in [6.45, 7) is 8.12. The second kappa shape index (κ2) is 4.08. The summed E-state index contributed by atoms with van der Waals surface area (Å²) in [5.74, 6) is 0.735. The second-order valence-corrected chi connectivity index (χ2v) is 4.22. The van der Waals surface area contributed by atoms with Crippen LogP contribution in [0, 0.1) is 5.92 Å². The lowest BCUT2D eigenvalue weighted by molar-refractivity contribution is 0.301. The molecule has 0 unspecified atom stereocenters. The minimum atomic E-state index is 0.630. The lowest BCUT2D eigenvalue weighted by Gasteiger charge is -2.19. The molecular formula is C11H21N. The van der Waals surface area contributed by atoms with Crippen LogP contribution in [0.15, 0.2) is 11.6 Å². The monoisotopic (exact) mass is 167 g/mol. The highest BCUT2D eigenvalue weighted by Crippen LogP contribution is 2.21. The Kier molecular flexibility index (Phi) is 3.33. The first kappa shape index (κ1) is 9.79. The number of rotatable bonds is 1. The Hall–Kier alpha value is -0.300. The van der Waals surface area contributed by atoms with Crippen molar-refractivity contribution in [3.05, 3.63) is 11.6 Å². The summed E-state index contributed by atoms with van der Waals surface area (Å²) >= 11 is 0. The topological polar surface area (TPSA) is 3.24 Å². The Morgan fingerprint density at radius 1 is 1.50 bits per heavy atom. The molecule has 1 aliphatic rings. The molecule has 1 aliphatic heterocycles. The third-order valence-electron chi connectivity index (χ3n) is 2.87. The van der Waals surface area contributed by atoms with Gasteiger partial charge in [0, 0.05) is 6.04 Å². The van der Waals surface area contributed by atoms with Gasteiger partial charge in [-0.3, -0.25) is 0 Å². The van der Waals surface area contributed by atoms with Crippen LogP contribution in [-0.4, -0.2) is 24.5 Å². The van der Waals surface area contributed by atoms with Gasteiger partial charge in [-0.1, -0.05) is 25.5 Å². The van der Waals surface area contributed by atoms with Gasteiger partial charge in [0.2, 0.25) is 0 Å². The summed E-state index contributed by atoms with van der Waals surface area (Å²) in [6.07, 6.45) is 5.06. The van der Waals surface area contributed by atoms with Crippen molar-refractivity contribution < 1.29 is 0 Å². The van der Waals surface area contributed by atoms with Crippen molar-refractivity contribution in [3.63, 3.8) is 0 Å². The minimum Gasteiger partial charge on any atom is -0.300 e. The first-order valence-electron chi connectivity index (χ1n) is 5.02. The summed E-state index contributed by atoms with van der Waals surface area (Å²) in [5.41, 5.74) is 1.65. The summed E-state index contributed by atoms with van der Waals surface area (Å²) in [6, 6.07) is 0.630. The number of hydrogen-bond donors (Lipinski definition) is 0. The average Bonchev–Trinajstić information content (AvgIpc) is 2.15. The standard InChI is InChI=1S/C11H21N/c1-9(2)11-6-5-7-12(4)10(3)8-11/h8-10H,5-7H2,1-4H3/t10-/m0/s1. The summed E-state index contributed by atoms with van der Waals surface area (Å²) in [4.78, 5) is 2.43. The van der Waals surface area contributed by atoms with E-state index in [0.29, 0.717) is 6.04 Å². The van der Waals surface area contributed by atoms with Crippen LogP contribution in [0.4, 0.5) is 0 Å². The highest BCUT2D eigenvalue weighted by Gasteiger charge is 2.13. The Balaban J connectivity index is 2.67. The van der Waals surface area contributed by atoms with Crippen molar-refractivity contribution in [2.24, 2.45) is 5.92 Å². The Morgan fingerprint density at radius 3 is 2.75 bits per heavy atom. The van der Waals surface area contributed by atoms with Crippen LogP contribution in [0.25, 0.3) is 0 Å². The zero-order valence-electron chi connectivity index (χ0n) is 8.80. The quantitative estimate of drug-likeness (QED) is 0.543. The molecule has 0 bridgehead atoms. The minimum absolute atomic E-state index is 0.630. The normalized spacial score (nSPS) is 27.1. The summed E-state index contributed by atoms with van der Waals surface area (Å²) in [5, 5.41) is 0. The lowest BCUT2D eigenvalue weighted by Crippen LogP contribution is -2.27. The second-order valence-electron chi connectivity index (χ2n) is 4.22. The molecule has 12 heavy (non-hydrogen) atoms. The number of hydrogen-bond acceptors (Lipinski definition) is 1. The van der Waals surface area contributed by atoms with E-state index >= 15 is 0 Å². The van der Waals surface area contributed by atoms with Crippen LogP contribution in [0.2, 0.25) is 0 Å². The van der Waals surface area contributed by atoms with Gasteiger partial charge in [0.25, 0.3) is 0 Å². The van der Waals surface area contributed by atoms with Crippen LogP contribution < -0.4 is 0 Å². The molecule has 1 rings (SSSR count). The third-order valence-corrected chi connectivity index (χ3v) is 2.87. The first-order valence-corrected chi connectivity index (χ1v) is 5.02. The lowest BCUT2D eigenvalue weighted by atomic mass is 9.98. The molecule has 0 spiro atoms. The van der Waals surface area contributed by atoms with Crippen LogP contribution in [0.1, 0.15) is 33.6 Å². The van der Waals surface area contributed by atoms with Crippen LogP contribution >= 0.6 is 0 Å². The predicted octanol–water partition coefficient (Wildman–Crippen LogP) is 2.68. The SMILES string of the molecule is CC(C)C1=C[C@H](C)N(C)CCC1. The molecule has 1 heterocycles. The molecule has 0 radical (unpaired) electrons. The fourth-order valence-corrected chi connectivity index (χ4v) is 1.74. The first-order chi connectivity index (χ1) is 5.61. The van der Waals surface area contributed by atoms with Gasteiger partial charge in [-0.05, 0) is 39.3 Å². The summed E-state index contributed by atoms with van der Waals surface area (Å²) < 4.78 is 0. The van der Waals surface area contributed by atoms with E-state index in [0.717, 1.165) is 5.92 Å². The van der Waals surface area contributed by atoms with Crippen LogP contribution in [0.5, 0.6) is 0 Å². The van der Waals surface area contributed by atoms with Gasteiger partial charge < -0.3 is 4.90 Å². The molecular weight excluding hydrogens is 146 g/mol. The van der Waals surface area contributed by atoms with Crippen molar-refractivity contribution in [1.29, 1.82) is 0 Å². The molecule has 1 nitrogen and oxygen atoms in total. The highest BCUT2D eigenvalue weighted by molar-refractivity contribution is 5.10. The van der Waals surface area contributed by atoms with E-state index in [9.17, 15) is 0 Å². The van der Waals surface area contributed by atoms with Crippen molar-refractivity contribution in [2.75, 3.05) is 13.6 Å². The number of likely N-dealkylation sites (N-methyl/N-ethyl adjacent to an activating group) is 1. The third kappa shape index (κ3) is 2.34. The molecule has 0 aromatic heterocycles. The van der Waals surface area contributed by atoms with Gasteiger partial charge in [0.05, 0.1) is 0 Å². The Labute approximate surface area is 76.5 Å². The molecule has 0 aliphatic carbocycles. The van der Waals surface area contributed by atoms with Crippen molar-refractivity contribution >= 4 is 0 Å². The van der Waals surface area contributed by atoms with E-state index in [-0.39, 0.29) is 0 Å². The average molecular weight is 167 g/mol. The van der Waals surface area contributed by atoms with Crippen molar-refractivity contribution in [3.8, 4) is 0 Å². The molecule has 70 valence electrons. The highest BCUT2D eigenvalue weighted by atomic mass is 15.1. The number of nitrogens with zero attached hydrogens (tertiary/aromatic N) is 1. The largest absolute Gasteiger partial charge is 0.300 e. The van der Waals surface area contributed by atoms with E-state index < -0.39 is 0 Å². The molecule has 1 atom stereocenters. The van der Waals surface area contributed by atoms with Crippen molar-refractivity contribution in [2.45, 2.75) is 39.7 Å². The molecule has 0 aromatic carbocycles. The van der Waals surface area contributed by atoms with Crippen molar-refractivity contribution in [1.82, 2.24) is 4.90 Å². The predicted molar refractivity (Wildman–Crippen MR) is 54.2 cm³/mol. The van der Waals surface area contributed by atoms with Gasteiger partial charge in [0.15, 0.2) is 0 Å². The molecule has 1 heteroatoms. The maximum absolute atomic E-state index is 2.44. The molecule has 0 amide bonds.